The molecule has 0 aliphatic heterocycles. The minimum Gasteiger partial charge on any atom is -0.481 e. The molecule has 3 aliphatic carbocycles. The van der Waals surface area contributed by atoms with Crippen LogP contribution in [0.2, 0.25) is 0 Å². The van der Waals surface area contributed by atoms with Gasteiger partial charge in [-0.15, -0.1) is 0 Å². The van der Waals surface area contributed by atoms with Gasteiger partial charge in [-0.25, -0.2) is 0 Å². The molecule has 4 nitrogen and oxygen atoms in total. The van der Waals surface area contributed by atoms with Crippen molar-refractivity contribution in [2.45, 2.75) is 57.9 Å². The summed E-state index contributed by atoms with van der Waals surface area (Å²) in [5.41, 5.74) is 0. The Kier molecular flexibility index (Phi) is 3.74. The normalized spacial score (nSPS) is 33.1. The molecule has 1 amide bonds. The van der Waals surface area contributed by atoms with Crippen molar-refractivity contribution in [1.82, 2.24) is 4.90 Å². The Morgan fingerprint density at radius 1 is 1.05 bits per heavy atom. The van der Waals surface area contributed by atoms with Gasteiger partial charge in [0.05, 0.1) is 11.8 Å². The molecular formula is C16H25NO3. The van der Waals surface area contributed by atoms with E-state index in [1.165, 1.54) is 12.8 Å². The summed E-state index contributed by atoms with van der Waals surface area (Å²) in [6.45, 7) is 2.97. The molecule has 0 saturated heterocycles. The van der Waals surface area contributed by atoms with Gasteiger partial charge < -0.3 is 10.0 Å². The predicted molar refractivity (Wildman–Crippen MR) is 75.1 cm³/mol. The summed E-state index contributed by atoms with van der Waals surface area (Å²) in [6, 6.07) is 0.415. The Morgan fingerprint density at radius 2 is 1.70 bits per heavy atom. The second kappa shape index (κ2) is 5.38. The van der Waals surface area contributed by atoms with E-state index in [9.17, 15) is 14.7 Å². The van der Waals surface area contributed by atoms with Crippen molar-refractivity contribution >= 4 is 11.9 Å². The van der Waals surface area contributed by atoms with Crippen LogP contribution in [0, 0.1) is 23.7 Å². The van der Waals surface area contributed by atoms with Crippen LogP contribution in [0.25, 0.3) is 0 Å². The van der Waals surface area contributed by atoms with E-state index in [1.54, 1.807) is 0 Å². The van der Waals surface area contributed by atoms with Gasteiger partial charge in [-0.3, -0.25) is 9.59 Å². The highest BCUT2D eigenvalue weighted by Gasteiger charge is 2.46. The monoisotopic (exact) mass is 279 g/mol. The number of rotatable bonds is 6. The first-order chi connectivity index (χ1) is 9.60. The number of carbonyl (C=O) groups is 2. The van der Waals surface area contributed by atoms with Crippen LogP contribution >= 0.6 is 0 Å². The molecule has 3 fully saturated rings. The minimum atomic E-state index is -0.776. The van der Waals surface area contributed by atoms with Gasteiger partial charge in [0, 0.05) is 12.6 Å². The van der Waals surface area contributed by atoms with Crippen molar-refractivity contribution in [2.24, 2.45) is 23.7 Å². The van der Waals surface area contributed by atoms with Gasteiger partial charge in [0.15, 0.2) is 0 Å². The van der Waals surface area contributed by atoms with Crippen LogP contribution < -0.4 is 0 Å². The molecule has 0 radical (unpaired) electrons. The van der Waals surface area contributed by atoms with Crippen LogP contribution in [0.5, 0.6) is 0 Å². The number of aliphatic carboxylic acids is 1. The standard InChI is InChI=1S/C16H25NO3/c1-2-10-7-13(14(8-10)16(19)20)15(18)17(12-5-6-12)9-11-3-4-11/h10-14H,2-9H2,1H3,(H,19,20). The highest BCUT2D eigenvalue weighted by atomic mass is 16.4. The lowest BCUT2D eigenvalue weighted by Crippen LogP contribution is -2.41. The minimum absolute atomic E-state index is 0.141. The van der Waals surface area contributed by atoms with E-state index in [4.69, 9.17) is 0 Å². The van der Waals surface area contributed by atoms with Crippen molar-refractivity contribution in [1.29, 1.82) is 0 Å². The van der Waals surface area contributed by atoms with Crippen molar-refractivity contribution in [3.63, 3.8) is 0 Å². The summed E-state index contributed by atoms with van der Waals surface area (Å²) in [5.74, 6) is -0.257. The van der Waals surface area contributed by atoms with E-state index in [2.05, 4.69) is 6.92 Å². The zero-order valence-electron chi connectivity index (χ0n) is 12.3. The van der Waals surface area contributed by atoms with Gasteiger partial charge >= 0.3 is 5.97 Å². The van der Waals surface area contributed by atoms with Crippen molar-refractivity contribution < 1.29 is 14.7 Å². The van der Waals surface area contributed by atoms with E-state index in [0.29, 0.717) is 24.3 Å². The van der Waals surface area contributed by atoms with Crippen LogP contribution in [0.1, 0.15) is 51.9 Å². The smallest absolute Gasteiger partial charge is 0.307 e. The zero-order valence-corrected chi connectivity index (χ0v) is 12.3. The molecule has 0 bridgehead atoms. The molecule has 3 unspecified atom stereocenters. The Labute approximate surface area is 120 Å². The van der Waals surface area contributed by atoms with Crippen molar-refractivity contribution in [3.8, 4) is 0 Å². The first kappa shape index (κ1) is 13.9. The lowest BCUT2D eigenvalue weighted by atomic mass is 9.94. The third-order valence-electron chi connectivity index (χ3n) is 5.29. The van der Waals surface area contributed by atoms with Crippen LogP contribution in [0.4, 0.5) is 0 Å². The number of hydrogen-bond donors (Lipinski definition) is 1. The van der Waals surface area contributed by atoms with E-state index >= 15 is 0 Å². The van der Waals surface area contributed by atoms with Gasteiger partial charge in [0.2, 0.25) is 5.91 Å². The third kappa shape index (κ3) is 2.84. The molecule has 3 aliphatic rings. The lowest BCUT2D eigenvalue weighted by Gasteiger charge is -2.27. The molecule has 0 heterocycles. The van der Waals surface area contributed by atoms with Crippen molar-refractivity contribution in [3.05, 3.63) is 0 Å². The molecule has 3 saturated carbocycles. The molecule has 3 atom stereocenters. The molecular weight excluding hydrogens is 254 g/mol. The number of carboxylic acids is 1. The Balaban J connectivity index is 1.70. The molecule has 20 heavy (non-hydrogen) atoms. The second-order valence-corrected chi connectivity index (χ2v) is 6.96. The Hall–Kier alpha value is -1.06. The van der Waals surface area contributed by atoms with Crippen molar-refractivity contribution in [2.75, 3.05) is 6.54 Å². The largest absolute Gasteiger partial charge is 0.481 e. The summed E-state index contributed by atoms with van der Waals surface area (Å²) in [6.07, 6.45) is 7.15. The number of nitrogens with zero attached hydrogens (tertiary/aromatic N) is 1. The van der Waals surface area contributed by atoms with Crippen LogP contribution in [0.3, 0.4) is 0 Å². The first-order valence-corrected chi connectivity index (χ1v) is 8.13. The lowest BCUT2D eigenvalue weighted by molar-refractivity contribution is -0.149. The predicted octanol–water partition coefficient (Wildman–Crippen LogP) is 2.52. The molecule has 1 N–H and O–H groups in total. The molecule has 0 aromatic carbocycles. The molecule has 0 aromatic heterocycles. The highest BCUT2D eigenvalue weighted by Crippen LogP contribution is 2.42. The van der Waals surface area contributed by atoms with Crippen LogP contribution in [0.15, 0.2) is 0 Å². The SMILES string of the molecule is CCC1CC(C(=O)O)C(C(=O)N(CC2CC2)C2CC2)C1. The summed E-state index contributed by atoms with van der Waals surface area (Å²) in [7, 11) is 0. The van der Waals surface area contributed by atoms with Gasteiger partial charge in [-0.05, 0) is 50.4 Å². The zero-order chi connectivity index (χ0) is 14.3. The maximum absolute atomic E-state index is 12.8. The Morgan fingerprint density at radius 3 is 2.20 bits per heavy atom. The summed E-state index contributed by atoms with van der Waals surface area (Å²) in [5, 5.41) is 9.41. The molecule has 4 heteroatoms. The third-order valence-corrected chi connectivity index (χ3v) is 5.29. The molecule has 3 rings (SSSR count). The number of carbonyl (C=O) groups excluding carboxylic acids is 1. The topological polar surface area (TPSA) is 57.6 Å². The van der Waals surface area contributed by atoms with E-state index in [0.717, 1.165) is 32.2 Å². The molecule has 112 valence electrons. The van der Waals surface area contributed by atoms with E-state index in [-0.39, 0.29) is 11.8 Å². The molecule has 0 spiro atoms. The summed E-state index contributed by atoms with van der Waals surface area (Å²) >= 11 is 0. The fourth-order valence-electron chi connectivity index (χ4n) is 3.62. The van der Waals surface area contributed by atoms with Crippen LogP contribution in [-0.4, -0.2) is 34.5 Å². The van der Waals surface area contributed by atoms with E-state index < -0.39 is 11.9 Å². The summed E-state index contributed by atoms with van der Waals surface area (Å²) < 4.78 is 0. The first-order valence-electron chi connectivity index (χ1n) is 8.13. The number of hydrogen-bond acceptors (Lipinski definition) is 2. The van der Waals surface area contributed by atoms with Crippen LogP contribution in [-0.2, 0) is 9.59 Å². The fourth-order valence-corrected chi connectivity index (χ4v) is 3.62. The Bertz CT molecular complexity index is 401. The number of carboxylic acid groups (broad SMARTS) is 1. The second-order valence-electron chi connectivity index (χ2n) is 6.96. The average molecular weight is 279 g/mol. The average Bonchev–Trinajstić information content (AvgIpc) is 3.32. The highest BCUT2D eigenvalue weighted by molar-refractivity contribution is 5.85. The summed E-state index contributed by atoms with van der Waals surface area (Å²) in [4.78, 5) is 26.3. The van der Waals surface area contributed by atoms with Gasteiger partial charge in [0.25, 0.3) is 0 Å². The maximum atomic E-state index is 12.8. The quantitative estimate of drug-likeness (QED) is 0.813. The van der Waals surface area contributed by atoms with E-state index in [1.807, 2.05) is 4.90 Å². The number of amides is 1. The molecule has 0 aromatic rings. The fraction of sp³-hybridized carbons (Fsp3) is 0.875. The van der Waals surface area contributed by atoms with Gasteiger partial charge in [0.1, 0.15) is 0 Å². The maximum Gasteiger partial charge on any atom is 0.307 e. The van der Waals surface area contributed by atoms with Gasteiger partial charge in [-0.2, -0.15) is 0 Å². The van der Waals surface area contributed by atoms with Gasteiger partial charge in [-0.1, -0.05) is 13.3 Å².